The summed E-state index contributed by atoms with van der Waals surface area (Å²) < 4.78 is 10.2. The Morgan fingerprint density at radius 2 is 2.06 bits per heavy atom. The van der Waals surface area contributed by atoms with Gasteiger partial charge in [-0.05, 0) is 26.0 Å². The molecule has 1 unspecified atom stereocenters. The smallest absolute Gasteiger partial charge is 0.346 e. The molecule has 0 N–H and O–H groups in total. The number of rotatable bonds is 3. The minimum absolute atomic E-state index is 0.403. The number of nitrogens with zero attached hydrogens (tertiary/aromatic N) is 1. The van der Waals surface area contributed by atoms with Crippen LogP contribution in [0.4, 0.5) is 0 Å². The number of para-hydroxylation sites is 1. The van der Waals surface area contributed by atoms with Gasteiger partial charge in [-0.15, -0.1) is 0 Å². The summed E-state index contributed by atoms with van der Waals surface area (Å²) in [6.07, 6.45) is -0.650. The topological polar surface area (TPSA) is 48.4 Å². The van der Waals surface area contributed by atoms with E-state index in [0.717, 1.165) is 16.6 Å². The third-order valence-electron chi connectivity index (χ3n) is 2.66. The molecule has 4 heteroatoms. The first-order valence-electron chi connectivity index (χ1n) is 5.72. The van der Waals surface area contributed by atoms with E-state index in [2.05, 4.69) is 9.72 Å². The van der Waals surface area contributed by atoms with E-state index in [9.17, 15) is 4.79 Å². The number of carbonyl (C=O) groups is 1. The van der Waals surface area contributed by atoms with Crippen molar-refractivity contribution in [1.82, 2.24) is 4.98 Å². The molecule has 1 aromatic heterocycles. The Morgan fingerprint density at radius 3 is 2.78 bits per heavy atom. The van der Waals surface area contributed by atoms with Crippen molar-refractivity contribution in [2.75, 3.05) is 7.11 Å². The Bertz CT molecular complexity index is 580. The summed E-state index contributed by atoms with van der Waals surface area (Å²) in [4.78, 5) is 15.8. The van der Waals surface area contributed by atoms with Gasteiger partial charge in [0.15, 0.2) is 6.10 Å². The zero-order valence-corrected chi connectivity index (χ0v) is 10.6. The zero-order chi connectivity index (χ0) is 13.1. The summed E-state index contributed by atoms with van der Waals surface area (Å²) in [6.45, 7) is 3.57. The normalized spacial score (nSPS) is 12.2. The van der Waals surface area contributed by atoms with Crippen LogP contribution in [0.2, 0.25) is 0 Å². The van der Waals surface area contributed by atoms with Crippen molar-refractivity contribution < 1.29 is 14.3 Å². The summed E-state index contributed by atoms with van der Waals surface area (Å²) in [5.74, 6) is 0.189. The van der Waals surface area contributed by atoms with E-state index >= 15 is 0 Å². The highest BCUT2D eigenvalue weighted by Gasteiger charge is 2.16. The number of fused-ring (bicyclic) bond motifs is 1. The summed E-state index contributed by atoms with van der Waals surface area (Å²) in [5.41, 5.74) is 1.66. The van der Waals surface area contributed by atoms with E-state index in [4.69, 9.17) is 4.74 Å². The second-order valence-corrected chi connectivity index (χ2v) is 4.06. The zero-order valence-electron chi connectivity index (χ0n) is 10.6. The maximum Gasteiger partial charge on any atom is 0.346 e. The van der Waals surface area contributed by atoms with E-state index in [-0.39, 0.29) is 0 Å². The Kier molecular flexibility index (Phi) is 3.46. The first kappa shape index (κ1) is 12.4. The van der Waals surface area contributed by atoms with E-state index in [0.29, 0.717) is 5.75 Å². The molecule has 2 aromatic rings. The summed E-state index contributed by atoms with van der Waals surface area (Å²) in [7, 11) is 1.34. The average molecular weight is 245 g/mol. The van der Waals surface area contributed by atoms with E-state index in [1.807, 2.05) is 31.2 Å². The van der Waals surface area contributed by atoms with Gasteiger partial charge in [-0.3, -0.25) is 0 Å². The number of aromatic nitrogens is 1. The van der Waals surface area contributed by atoms with E-state index in [1.165, 1.54) is 7.11 Å². The molecule has 18 heavy (non-hydrogen) atoms. The number of benzene rings is 1. The van der Waals surface area contributed by atoms with Crippen LogP contribution in [0.15, 0.2) is 30.3 Å². The van der Waals surface area contributed by atoms with Crippen LogP contribution in [-0.4, -0.2) is 24.2 Å². The van der Waals surface area contributed by atoms with Gasteiger partial charge in [-0.2, -0.15) is 0 Å². The van der Waals surface area contributed by atoms with Crippen molar-refractivity contribution in [2.45, 2.75) is 20.0 Å². The molecule has 1 aromatic carbocycles. The molecule has 4 nitrogen and oxygen atoms in total. The maximum absolute atomic E-state index is 11.4. The maximum atomic E-state index is 11.4. The number of aryl methyl sites for hydroxylation is 1. The van der Waals surface area contributed by atoms with Gasteiger partial charge in [0.1, 0.15) is 11.3 Å². The molecule has 0 saturated heterocycles. The van der Waals surface area contributed by atoms with Crippen LogP contribution in [0, 0.1) is 6.92 Å². The van der Waals surface area contributed by atoms with E-state index in [1.54, 1.807) is 13.0 Å². The lowest BCUT2D eigenvalue weighted by atomic mass is 10.2. The molecule has 2 rings (SSSR count). The molecule has 0 bridgehead atoms. The Hall–Kier alpha value is -2.10. The van der Waals surface area contributed by atoms with Gasteiger partial charge in [-0.1, -0.05) is 18.2 Å². The standard InChI is InChI=1S/C14H15NO3/c1-9-7-8-11-5-4-6-12(13(11)15-9)18-10(2)14(16)17-3/h4-8,10H,1-3H3. The lowest BCUT2D eigenvalue weighted by Gasteiger charge is -2.13. The Morgan fingerprint density at radius 1 is 1.28 bits per heavy atom. The molecule has 1 atom stereocenters. The Balaban J connectivity index is 2.38. The largest absolute Gasteiger partial charge is 0.477 e. The number of hydrogen-bond acceptors (Lipinski definition) is 4. The van der Waals surface area contributed by atoms with Gasteiger partial charge in [-0.25, -0.2) is 9.78 Å². The number of esters is 1. The molecule has 0 amide bonds. The molecule has 0 aliphatic rings. The number of hydrogen-bond donors (Lipinski definition) is 0. The van der Waals surface area contributed by atoms with Crippen molar-refractivity contribution in [3.63, 3.8) is 0 Å². The molecular weight excluding hydrogens is 230 g/mol. The van der Waals surface area contributed by atoms with Crippen molar-refractivity contribution in [1.29, 1.82) is 0 Å². The first-order valence-corrected chi connectivity index (χ1v) is 5.72. The van der Waals surface area contributed by atoms with Gasteiger partial charge < -0.3 is 9.47 Å². The second kappa shape index (κ2) is 5.04. The highest BCUT2D eigenvalue weighted by Crippen LogP contribution is 2.24. The van der Waals surface area contributed by atoms with Gasteiger partial charge in [0.05, 0.1) is 7.11 Å². The van der Waals surface area contributed by atoms with Crippen molar-refractivity contribution in [2.24, 2.45) is 0 Å². The van der Waals surface area contributed by atoms with Crippen molar-refractivity contribution >= 4 is 16.9 Å². The van der Waals surface area contributed by atoms with Crippen LogP contribution in [-0.2, 0) is 9.53 Å². The van der Waals surface area contributed by atoms with Crippen LogP contribution in [0.1, 0.15) is 12.6 Å². The molecule has 0 saturated carbocycles. The summed E-state index contributed by atoms with van der Waals surface area (Å²) >= 11 is 0. The number of ether oxygens (including phenoxy) is 2. The third-order valence-corrected chi connectivity index (χ3v) is 2.66. The van der Waals surface area contributed by atoms with E-state index < -0.39 is 12.1 Å². The predicted octanol–water partition coefficient (Wildman–Crippen LogP) is 2.48. The Labute approximate surface area is 106 Å². The molecule has 0 radical (unpaired) electrons. The molecule has 0 fully saturated rings. The minimum atomic E-state index is -0.650. The molecule has 0 aliphatic carbocycles. The molecule has 94 valence electrons. The fourth-order valence-corrected chi connectivity index (χ4v) is 1.72. The molecular formula is C14H15NO3. The summed E-state index contributed by atoms with van der Waals surface area (Å²) in [6, 6.07) is 9.55. The van der Waals surface area contributed by atoms with Crippen molar-refractivity contribution in [3.05, 3.63) is 36.0 Å². The van der Waals surface area contributed by atoms with Crippen molar-refractivity contribution in [3.8, 4) is 5.75 Å². The fraction of sp³-hybridized carbons (Fsp3) is 0.286. The first-order chi connectivity index (χ1) is 8.61. The molecule has 0 aliphatic heterocycles. The van der Waals surface area contributed by atoms with Gasteiger partial charge in [0.25, 0.3) is 0 Å². The van der Waals surface area contributed by atoms with Gasteiger partial charge in [0, 0.05) is 11.1 Å². The lowest BCUT2D eigenvalue weighted by Crippen LogP contribution is -2.25. The van der Waals surface area contributed by atoms with Crippen LogP contribution in [0.5, 0.6) is 5.75 Å². The monoisotopic (exact) mass is 245 g/mol. The van der Waals surface area contributed by atoms with Gasteiger partial charge in [0.2, 0.25) is 0 Å². The predicted molar refractivity (Wildman–Crippen MR) is 68.6 cm³/mol. The number of methoxy groups -OCH3 is 1. The SMILES string of the molecule is COC(=O)C(C)Oc1cccc2ccc(C)nc12. The highest BCUT2D eigenvalue weighted by atomic mass is 16.6. The minimum Gasteiger partial charge on any atom is -0.477 e. The highest BCUT2D eigenvalue weighted by molar-refractivity contribution is 5.85. The van der Waals surface area contributed by atoms with Crippen LogP contribution in [0.25, 0.3) is 10.9 Å². The summed E-state index contributed by atoms with van der Waals surface area (Å²) in [5, 5.41) is 0.982. The quantitative estimate of drug-likeness (QED) is 0.779. The van der Waals surface area contributed by atoms with Crippen LogP contribution in [0.3, 0.4) is 0 Å². The molecule has 0 spiro atoms. The fourth-order valence-electron chi connectivity index (χ4n) is 1.72. The average Bonchev–Trinajstić information content (AvgIpc) is 2.38. The van der Waals surface area contributed by atoms with Gasteiger partial charge >= 0.3 is 5.97 Å². The molecule has 1 heterocycles. The third kappa shape index (κ3) is 2.42. The van der Waals surface area contributed by atoms with Crippen LogP contribution >= 0.6 is 0 Å². The second-order valence-electron chi connectivity index (χ2n) is 4.06. The number of pyridine rings is 1. The lowest BCUT2D eigenvalue weighted by molar-refractivity contribution is -0.147. The van der Waals surface area contributed by atoms with Crippen LogP contribution < -0.4 is 4.74 Å². The number of carbonyl (C=O) groups excluding carboxylic acids is 1.